The lowest BCUT2D eigenvalue weighted by Gasteiger charge is -2.13. The zero-order valence-corrected chi connectivity index (χ0v) is 35.8. The van der Waals surface area contributed by atoms with Crippen LogP contribution >= 0.6 is 0 Å². The van der Waals surface area contributed by atoms with Crippen molar-refractivity contribution in [3.63, 3.8) is 0 Å². The Bertz CT molecular complexity index is 3100. The monoisotopic (exact) mass is 878 g/mol. The van der Waals surface area contributed by atoms with E-state index in [1.54, 1.807) is 91.0 Å². The molecular formula is C52H38N4O10. The van der Waals surface area contributed by atoms with E-state index in [0.717, 1.165) is 0 Å². The fourth-order valence-corrected chi connectivity index (χ4v) is 7.50. The van der Waals surface area contributed by atoms with Crippen LogP contribution in [0, 0.1) is 0 Å². The highest BCUT2D eigenvalue weighted by Gasteiger charge is 2.25. The zero-order valence-electron chi connectivity index (χ0n) is 35.8. The number of benzene rings is 4. The molecule has 4 heterocycles. The summed E-state index contributed by atoms with van der Waals surface area (Å²) in [6.07, 6.45) is 10.1. The van der Waals surface area contributed by atoms with Gasteiger partial charge in [-0.05, 0) is 108 Å². The maximum atomic E-state index is 13.7. The molecule has 14 heteroatoms. The number of aliphatic imine (C=N–C) groups is 2. The van der Waals surface area contributed by atoms with Gasteiger partial charge < -0.3 is 29.2 Å². The summed E-state index contributed by atoms with van der Waals surface area (Å²) in [4.78, 5) is 88.8. The van der Waals surface area contributed by atoms with Gasteiger partial charge in [0.25, 0.3) is 0 Å². The predicted octanol–water partition coefficient (Wildman–Crippen LogP) is 7.68. The van der Waals surface area contributed by atoms with Crippen LogP contribution in [0.5, 0.6) is 0 Å². The third kappa shape index (κ3) is 8.79. The Balaban J connectivity index is 1.26. The molecule has 0 aliphatic carbocycles. The van der Waals surface area contributed by atoms with Gasteiger partial charge >= 0.3 is 23.9 Å². The van der Waals surface area contributed by atoms with Gasteiger partial charge in [-0.2, -0.15) is 0 Å². The summed E-state index contributed by atoms with van der Waals surface area (Å²) in [5.74, 6) is -2.70. The van der Waals surface area contributed by atoms with Crippen LogP contribution in [-0.2, 0) is 23.7 Å². The van der Waals surface area contributed by atoms with Crippen molar-refractivity contribution in [1.29, 1.82) is 0 Å². The highest BCUT2D eigenvalue weighted by atomic mass is 16.5. The van der Waals surface area contributed by atoms with Crippen molar-refractivity contribution >= 4 is 63.7 Å². The second-order valence-corrected chi connectivity index (χ2v) is 14.7. The highest BCUT2D eigenvalue weighted by Crippen LogP contribution is 2.37. The number of methoxy groups -OCH3 is 4. The van der Waals surface area contributed by atoms with E-state index in [0.29, 0.717) is 95.4 Å². The Kier molecular flexibility index (Phi) is 12.4. The van der Waals surface area contributed by atoms with Gasteiger partial charge in [0.1, 0.15) is 5.71 Å². The number of amides is 1. The molecule has 0 unspecified atom stereocenters. The molecule has 1 amide bonds. The van der Waals surface area contributed by atoms with Gasteiger partial charge in [-0.25, -0.2) is 29.2 Å². The van der Waals surface area contributed by atoms with Gasteiger partial charge in [-0.1, -0.05) is 48.5 Å². The second kappa shape index (κ2) is 18.7. The SMILES string of the molecule is COC(=O)c1ccc(C(=O)C2=N/C(=C(/c3ccc(C(=O)OC)cc3)c3ccc(/C(=C4\C=CC(C(=C5/C=CC(=O)N5)/c5ccc(C(=O)OC)cc5)=N4)c4ccc(C(=O)OC)cc4)[nH]3)C=C2)cc1. The third-order valence-electron chi connectivity index (χ3n) is 10.8. The van der Waals surface area contributed by atoms with Crippen molar-refractivity contribution in [1.82, 2.24) is 10.3 Å². The first-order valence-corrected chi connectivity index (χ1v) is 20.2. The number of allylic oxidation sites excluding steroid dienone is 6. The summed E-state index contributed by atoms with van der Waals surface area (Å²) < 4.78 is 19.6. The van der Waals surface area contributed by atoms with Crippen LogP contribution < -0.4 is 5.32 Å². The first-order valence-electron chi connectivity index (χ1n) is 20.2. The highest BCUT2D eigenvalue weighted by molar-refractivity contribution is 6.50. The van der Waals surface area contributed by atoms with E-state index in [2.05, 4.69) is 10.3 Å². The van der Waals surface area contributed by atoms with Crippen LogP contribution in [0.1, 0.15) is 79.9 Å². The second-order valence-electron chi connectivity index (χ2n) is 14.7. The summed E-state index contributed by atoms with van der Waals surface area (Å²) in [7, 11) is 5.19. The minimum absolute atomic E-state index is 0.163. The molecule has 14 nitrogen and oxygen atoms in total. The molecule has 326 valence electrons. The zero-order chi connectivity index (χ0) is 46.5. The summed E-state index contributed by atoms with van der Waals surface area (Å²) in [5, 5.41) is 2.88. The van der Waals surface area contributed by atoms with Crippen molar-refractivity contribution in [3.05, 3.63) is 219 Å². The summed E-state index contributed by atoms with van der Waals surface area (Å²) in [5.41, 5.74) is 8.89. The molecule has 66 heavy (non-hydrogen) atoms. The molecule has 3 aliphatic rings. The summed E-state index contributed by atoms with van der Waals surface area (Å²) in [6.45, 7) is 0. The molecule has 0 fully saturated rings. The Labute approximate surface area is 377 Å². The number of esters is 4. The molecule has 5 aromatic rings. The van der Waals surface area contributed by atoms with E-state index in [1.807, 2.05) is 24.3 Å². The van der Waals surface area contributed by atoms with Crippen molar-refractivity contribution < 1.29 is 47.7 Å². The molecule has 3 aliphatic heterocycles. The van der Waals surface area contributed by atoms with Crippen LogP contribution in [-0.4, -0.2) is 80.4 Å². The van der Waals surface area contributed by atoms with Crippen LogP contribution in [0.4, 0.5) is 0 Å². The van der Waals surface area contributed by atoms with Crippen LogP contribution in [0.15, 0.2) is 173 Å². The van der Waals surface area contributed by atoms with Gasteiger partial charge in [0.2, 0.25) is 11.7 Å². The van der Waals surface area contributed by atoms with Gasteiger partial charge in [-0.15, -0.1) is 0 Å². The molecule has 0 atom stereocenters. The van der Waals surface area contributed by atoms with Gasteiger partial charge in [-0.3, -0.25) is 9.59 Å². The number of carbonyl (C=O) groups excluding carboxylic acids is 6. The molecule has 0 saturated carbocycles. The lowest BCUT2D eigenvalue weighted by atomic mass is 9.97. The van der Waals surface area contributed by atoms with Crippen molar-refractivity contribution in [2.24, 2.45) is 9.98 Å². The van der Waals surface area contributed by atoms with E-state index in [9.17, 15) is 28.8 Å². The molecule has 0 bridgehead atoms. The number of nitrogens with zero attached hydrogens (tertiary/aromatic N) is 2. The number of carbonyl (C=O) groups is 6. The summed E-state index contributed by atoms with van der Waals surface area (Å²) in [6, 6.07) is 30.3. The maximum absolute atomic E-state index is 13.7. The average Bonchev–Trinajstić information content (AvgIpc) is 4.22. The lowest BCUT2D eigenvalue weighted by Crippen LogP contribution is -2.16. The first kappa shape index (κ1) is 43.6. The molecule has 2 N–H and O–H groups in total. The van der Waals surface area contributed by atoms with Crippen molar-refractivity contribution in [2.45, 2.75) is 0 Å². The largest absolute Gasteiger partial charge is 0.465 e. The lowest BCUT2D eigenvalue weighted by molar-refractivity contribution is -0.115. The molecular weight excluding hydrogens is 841 g/mol. The number of Topliss-reactive ketones (excluding diaryl/α,β-unsaturated/α-hetero) is 1. The summed E-state index contributed by atoms with van der Waals surface area (Å²) >= 11 is 0. The van der Waals surface area contributed by atoms with E-state index < -0.39 is 23.9 Å². The first-order chi connectivity index (χ1) is 32.0. The maximum Gasteiger partial charge on any atom is 0.337 e. The number of nitrogens with one attached hydrogen (secondary N) is 2. The molecule has 0 saturated heterocycles. The Morgan fingerprint density at radius 3 is 1.12 bits per heavy atom. The number of H-pyrrole nitrogens is 1. The molecule has 4 aromatic carbocycles. The third-order valence-corrected chi connectivity index (χ3v) is 10.8. The molecule has 8 rings (SSSR count). The number of ether oxygens (including phenoxy) is 4. The van der Waals surface area contributed by atoms with Gasteiger partial charge in [0.05, 0.1) is 73.5 Å². The topological polar surface area (TPSA) is 192 Å². The number of aromatic amines is 1. The van der Waals surface area contributed by atoms with Crippen LogP contribution in [0.25, 0.3) is 16.7 Å². The number of hydrogen-bond donors (Lipinski definition) is 2. The fourth-order valence-electron chi connectivity index (χ4n) is 7.50. The van der Waals surface area contributed by atoms with Gasteiger partial charge in [0, 0.05) is 39.7 Å². The minimum Gasteiger partial charge on any atom is -0.465 e. The molecule has 0 radical (unpaired) electrons. The fraction of sp³-hybridized carbons (Fsp3) is 0.0769. The van der Waals surface area contributed by atoms with Crippen LogP contribution in [0.2, 0.25) is 0 Å². The van der Waals surface area contributed by atoms with Crippen molar-refractivity contribution in [2.75, 3.05) is 28.4 Å². The standard InChI is InChI=1S/C52H38N4O10/c1-63-49(59)33-13-5-29(6-14-33)45(38-23-24-40(54-38)47(42-27-28-44(57)56-42)31-9-17-35(18-10-31)51(61)65-3)37-21-22-39(53-37)46(30-7-15-34(16-8-30)50(60)64-2)41-25-26-43(55-41)48(58)32-11-19-36(20-12-32)52(62)66-4/h5-28,53H,1-4H3,(H,56,57)/b45-38+,46-41-,47-42-. The quantitative estimate of drug-likeness (QED) is 0.0714. The van der Waals surface area contributed by atoms with E-state index in [4.69, 9.17) is 28.9 Å². The Hall–Kier alpha value is -9.04. The minimum atomic E-state index is -0.527. The van der Waals surface area contributed by atoms with Crippen LogP contribution in [0.3, 0.4) is 0 Å². The van der Waals surface area contributed by atoms with Crippen molar-refractivity contribution in [3.8, 4) is 0 Å². The number of rotatable bonds is 12. The van der Waals surface area contributed by atoms with E-state index in [1.165, 1.54) is 58.8 Å². The molecule has 0 spiro atoms. The number of hydrogen-bond acceptors (Lipinski definition) is 12. The Morgan fingerprint density at radius 1 is 0.394 bits per heavy atom. The van der Waals surface area contributed by atoms with E-state index >= 15 is 0 Å². The number of ketones is 1. The number of aromatic nitrogens is 1. The van der Waals surface area contributed by atoms with Gasteiger partial charge in [0.15, 0.2) is 0 Å². The predicted molar refractivity (Wildman–Crippen MR) is 246 cm³/mol. The van der Waals surface area contributed by atoms with E-state index in [-0.39, 0.29) is 17.4 Å². The average molecular weight is 879 g/mol. The Morgan fingerprint density at radius 2 is 0.742 bits per heavy atom. The normalized spacial score (nSPS) is 16.0. The smallest absolute Gasteiger partial charge is 0.337 e. The molecule has 1 aromatic heterocycles.